The van der Waals surface area contributed by atoms with E-state index in [9.17, 15) is 4.39 Å². The van der Waals surface area contributed by atoms with Gasteiger partial charge in [-0.2, -0.15) is 0 Å². The average Bonchev–Trinajstić information content (AvgIpc) is 2.40. The number of nitrogens with one attached hydrogen (secondary N) is 1. The largest absolute Gasteiger partial charge is 0.317 e. The highest BCUT2D eigenvalue weighted by Crippen LogP contribution is 2.32. The first kappa shape index (κ1) is 13.5. The van der Waals surface area contributed by atoms with E-state index in [1.54, 1.807) is 12.1 Å². The van der Waals surface area contributed by atoms with E-state index >= 15 is 0 Å². The fourth-order valence-corrected chi connectivity index (χ4v) is 3.10. The van der Waals surface area contributed by atoms with Crippen LogP contribution in [0, 0.1) is 17.7 Å². The number of rotatable bonds is 5. The van der Waals surface area contributed by atoms with E-state index in [-0.39, 0.29) is 5.82 Å². The van der Waals surface area contributed by atoms with Crippen LogP contribution in [-0.4, -0.2) is 13.1 Å². The van der Waals surface area contributed by atoms with Gasteiger partial charge in [-0.15, -0.1) is 0 Å². The third kappa shape index (κ3) is 3.55. The lowest BCUT2D eigenvalue weighted by Gasteiger charge is -2.32. The van der Waals surface area contributed by atoms with Crippen molar-refractivity contribution in [2.75, 3.05) is 13.1 Å². The molecule has 1 saturated carbocycles. The monoisotopic (exact) mass is 249 g/mol. The molecule has 1 fully saturated rings. The van der Waals surface area contributed by atoms with Gasteiger partial charge in [-0.1, -0.05) is 38.0 Å². The maximum absolute atomic E-state index is 13.7. The summed E-state index contributed by atoms with van der Waals surface area (Å²) >= 11 is 0. The minimum atomic E-state index is -0.0368. The maximum atomic E-state index is 13.7. The highest BCUT2D eigenvalue weighted by Gasteiger charge is 2.25. The highest BCUT2D eigenvalue weighted by molar-refractivity contribution is 5.18. The summed E-state index contributed by atoms with van der Waals surface area (Å²) in [6.07, 6.45) is 6.10. The molecular weight excluding hydrogens is 225 g/mol. The molecule has 1 aromatic rings. The molecule has 2 heteroatoms. The third-order valence-electron chi connectivity index (χ3n) is 4.16. The second kappa shape index (κ2) is 6.89. The summed E-state index contributed by atoms with van der Waals surface area (Å²) < 4.78 is 13.7. The molecule has 0 saturated heterocycles. The quantitative estimate of drug-likeness (QED) is 0.837. The van der Waals surface area contributed by atoms with Gasteiger partial charge in [0.05, 0.1) is 0 Å². The Morgan fingerprint density at radius 3 is 2.61 bits per heavy atom. The van der Waals surface area contributed by atoms with Crippen molar-refractivity contribution in [1.29, 1.82) is 0 Å². The standard InChI is InChI=1S/C16H24FN/c1-2-18-12-15-9-4-3-7-13(15)11-14-8-5-6-10-16(14)17/h5-6,8,10,13,15,18H,2-4,7,9,11-12H2,1H3. The van der Waals surface area contributed by atoms with Gasteiger partial charge in [-0.25, -0.2) is 4.39 Å². The van der Waals surface area contributed by atoms with Crippen molar-refractivity contribution in [2.24, 2.45) is 11.8 Å². The Labute approximate surface area is 110 Å². The van der Waals surface area contributed by atoms with E-state index in [0.717, 1.165) is 31.0 Å². The van der Waals surface area contributed by atoms with Crippen LogP contribution in [0.5, 0.6) is 0 Å². The molecule has 0 heterocycles. The molecule has 0 spiro atoms. The Kier molecular flexibility index (Phi) is 5.18. The number of benzene rings is 1. The van der Waals surface area contributed by atoms with Crippen LogP contribution in [0.15, 0.2) is 24.3 Å². The first-order valence-electron chi connectivity index (χ1n) is 7.25. The SMILES string of the molecule is CCNCC1CCCCC1Cc1ccccc1F. The molecule has 2 atom stereocenters. The fourth-order valence-electron chi connectivity index (χ4n) is 3.10. The van der Waals surface area contributed by atoms with Crippen molar-refractivity contribution in [1.82, 2.24) is 5.32 Å². The van der Waals surface area contributed by atoms with Crippen LogP contribution in [0.25, 0.3) is 0 Å². The summed E-state index contributed by atoms with van der Waals surface area (Å²) in [5.41, 5.74) is 0.894. The Balaban J connectivity index is 1.98. The minimum absolute atomic E-state index is 0.0368. The van der Waals surface area contributed by atoms with Gasteiger partial charge in [-0.05, 0) is 55.8 Å². The number of hydrogen-bond donors (Lipinski definition) is 1. The van der Waals surface area contributed by atoms with Crippen LogP contribution < -0.4 is 5.32 Å². The molecule has 0 radical (unpaired) electrons. The van der Waals surface area contributed by atoms with Crippen LogP contribution in [0.4, 0.5) is 4.39 Å². The molecule has 100 valence electrons. The zero-order valence-corrected chi connectivity index (χ0v) is 11.3. The smallest absolute Gasteiger partial charge is 0.126 e. The second-order valence-electron chi connectivity index (χ2n) is 5.41. The van der Waals surface area contributed by atoms with Crippen molar-refractivity contribution in [3.63, 3.8) is 0 Å². The lowest BCUT2D eigenvalue weighted by molar-refractivity contribution is 0.228. The van der Waals surface area contributed by atoms with Crippen LogP contribution >= 0.6 is 0 Å². The van der Waals surface area contributed by atoms with Gasteiger partial charge >= 0.3 is 0 Å². The minimum Gasteiger partial charge on any atom is -0.317 e. The molecule has 1 aliphatic rings. The molecule has 18 heavy (non-hydrogen) atoms. The van der Waals surface area contributed by atoms with E-state index in [4.69, 9.17) is 0 Å². The molecule has 1 nitrogen and oxygen atoms in total. The van der Waals surface area contributed by atoms with Crippen LogP contribution in [0.2, 0.25) is 0 Å². The van der Waals surface area contributed by atoms with E-state index in [1.165, 1.54) is 25.7 Å². The van der Waals surface area contributed by atoms with Gasteiger partial charge in [-0.3, -0.25) is 0 Å². The van der Waals surface area contributed by atoms with Crippen molar-refractivity contribution in [2.45, 2.75) is 39.0 Å². The predicted molar refractivity (Wildman–Crippen MR) is 74.1 cm³/mol. The zero-order chi connectivity index (χ0) is 12.8. The van der Waals surface area contributed by atoms with Crippen molar-refractivity contribution in [3.05, 3.63) is 35.6 Å². The highest BCUT2D eigenvalue weighted by atomic mass is 19.1. The van der Waals surface area contributed by atoms with E-state index in [1.807, 2.05) is 12.1 Å². The van der Waals surface area contributed by atoms with Gasteiger partial charge in [0.1, 0.15) is 5.82 Å². The van der Waals surface area contributed by atoms with Crippen LogP contribution in [-0.2, 0) is 6.42 Å². The van der Waals surface area contributed by atoms with Gasteiger partial charge in [0.25, 0.3) is 0 Å². The van der Waals surface area contributed by atoms with E-state index in [0.29, 0.717) is 5.92 Å². The third-order valence-corrected chi connectivity index (χ3v) is 4.16. The van der Waals surface area contributed by atoms with Gasteiger partial charge in [0.2, 0.25) is 0 Å². The van der Waals surface area contributed by atoms with Crippen molar-refractivity contribution < 1.29 is 4.39 Å². The van der Waals surface area contributed by atoms with Crippen molar-refractivity contribution in [3.8, 4) is 0 Å². The molecule has 0 aromatic heterocycles. The normalized spacial score (nSPS) is 24.1. The van der Waals surface area contributed by atoms with Gasteiger partial charge < -0.3 is 5.32 Å². The summed E-state index contributed by atoms with van der Waals surface area (Å²) in [6.45, 7) is 4.27. The van der Waals surface area contributed by atoms with Gasteiger partial charge in [0, 0.05) is 0 Å². The molecular formula is C16H24FN. The van der Waals surface area contributed by atoms with Crippen molar-refractivity contribution >= 4 is 0 Å². The Hall–Kier alpha value is -0.890. The van der Waals surface area contributed by atoms with E-state index in [2.05, 4.69) is 12.2 Å². The zero-order valence-electron chi connectivity index (χ0n) is 11.3. The fraction of sp³-hybridized carbons (Fsp3) is 0.625. The molecule has 0 bridgehead atoms. The molecule has 1 aliphatic carbocycles. The lowest BCUT2D eigenvalue weighted by Crippen LogP contribution is -2.31. The summed E-state index contributed by atoms with van der Waals surface area (Å²) in [7, 11) is 0. The molecule has 1 aromatic carbocycles. The molecule has 2 unspecified atom stereocenters. The summed E-state index contributed by atoms with van der Waals surface area (Å²) in [5.74, 6) is 1.33. The molecule has 1 N–H and O–H groups in total. The Bertz CT molecular complexity index is 364. The summed E-state index contributed by atoms with van der Waals surface area (Å²) in [5, 5.41) is 3.45. The Morgan fingerprint density at radius 2 is 1.89 bits per heavy atom. The number of hydrogen-bond acceptors (Lipinski definition) is 1. The maximum Gasteiger partial charge on any atom is 0.126 e. The lowest BCUT2D eigenvalue weighted by atomic mass is 9.76. The summed E-state index contributed by atoms with van der Waals surface area (Å²) in [4.78, 5) is 0. The molecule has 0 aliphatic heterocycles. The molecule has 0 amide bonds. The molecule has 2 rings (SSSR count). The topological polar surface area (TPSA) is 12.0 Å². The number of halogens is 1. The van der Waals surface area contributed by atoms with Crippen LogP contribution in [0.3, 0.4) is 0 Å². The predicted octanol–water partition coefficient (Wildman–Crippen LogP) is 3.78. The Morgan fingerprint density at radius 1 is 1.17 bits per heavy atom. The second-order valence-corrected chi connectivity index (χ2v) is 5.41. The average molecular weight is 249 g/mol. The van der Waals surface area contributed by atoms with Crippen LogP contribution in [0.1, 0.15) is 38.2 Å². The summed E-state index contributed by atoms with van der Waals surface area (Å²) in [6, 6.07) is 7.24. The first-order valence-corrected chi connectivity index (χ1v) is 7.25. The van der Waals surface area contributed by atoms with E-state index < -0.39 is 0 Å². The van der Waals surface area contributed by atoms with Gasteiger partial charge in [0.15, 0.2) is 0 Å². The first-order chi connectivity index (χ1) is 8.81.